The van der Waals surface area contributed by atoms with Crippen LogP contribution >= 0.6 is 0 Å². The molecule has 2 rings (SSSR count). The number of nitrogens with one attached hydrogen (secondary N) is 1. The highest BCUT2D eigenvalue weighted by Crippen LogP contribution is 2.11. The van der Waals surface area contributed by atoms with Crippen molar-refractivity contribution in [3.05, 3.63) is 76.6 Å². The van der Waals surface area contributed by atoms with E-state index in [0.29, 0.717) is 11.1 Å². The summed E-state index contributed by atoms with van der Waals surface area (Å²) in [6, 6.07) is 14.7. The maximum atomic E-state index is 12.9. The van der Waals surface area contributed by atoms with E-state index in [1.807, 2.05) is 19.1 Å². The normalized spacial score (nSPS) is 12.0. The summed E-state index contributed by atoms with van der Waals surface area (Å²) in [5.74, 6) is -1.75. The van der Waals surface area contributed by atoms with Crippen LogP contribution in [0.4, 0.5) is 4.39 Å². The maximum Gasteiger partial charge on any atom is 0.349 e. The zero-order valence-corrected chi connectivity index (χ0v) is 15.0. The van der Waals surface area contributed by atoms with E-state index < -0.39 is 18.0 Å². The molecule has 0 saturated heterocycles. The third-order valence-corrected chi connectivity index (χ3v) is 3.76. The summed E-state index contributed by atoms with van der Waals surface area (Å²) >= 11 is 0. The molecule has 0 fully saturated rings. The fraction of sp³-hybridized carbons (Fsp3) is 0.190. The summed E-state index contributed by atoms with van der Waals surface area (Å²) in [5, 5.41) is 11.8. The Morgan fingerprint density at radius 1 is 1.19 bits per heavy atom. The third-order valence-electron chi connectivity index (χ3n) is 3.76. The van der Waals surface area contributed by atoms with Gasteiger partial charge in [0.1, 0.15) is 17.5 Å². The first-order valence-corrected chi connectivity index (χ1v) is 8.30. The molecule has 2 aromatic rings. The zero-order chi connectivity index (χ0) is 19.8. The van der Waals surface area contributed by atoms with Gasteiger partial charge in [-0.25, -0.2) is 9.18 Å². The number of amides is 1. The van der Waals surface area contributed by atoms with E-state index in [1.165, 1.54) is 25.1 Å². The van der Waals surface area contributed by atoms with Crippen molar-refractivity contribution in [1.29, 1.82) is 5.26 Å². The number of nitriles is 1. The number of halogens is 1. The molecule has 2 aromatic carbocycles. The van der Waals surface area contributed by atoms with Gasteiger partial charge in [-0.05, 0) is 43.2 Å². The molecule has 0 aromatic heterocycles. The predicted molar refractivity (Wildman–Crippen MR) is 98.6 cm³/mol. The average molecular weight is 366 g/mol. The topological polar surface area (TPSA) is 79.2 Å². The Balaban J connectivity index is 1.94. The van der Waals surface area contributed by atoms with Gasteiger partial charge in [-0.2, -0.15) is 5.26 Å². The Morgan fingerprint density at radius 3 is 2.41 bits per heavy atom. The molecule has 27 heavy (non-hydrogen) atoms. The highest BCUT2D eigenvalue weighted by molar-refractivity contribution is 5.99. The van der Waals surface area contributed by atoms with Crippen LogP contribution in [-0.4, -0.2) is 18.0 Å². The number of ether oxygens (including phenoxy) is 1. The molecule has 0 unspecified atom stereocenters. The van der Waals surface area contributed by atoms with Crippen molar-refractivity contribution in [3.8, 4) is 6.07 Å². The van der Waals surface area contributed by atoms with Gasteiger partial charge in [0.2, 0.25) is 0 Å². The number of esters is 1. The van der Waals surface area contributed by atoms with Crippen molar-refractivity contribution in [2.45, 2.75) is 26.5 Å². The zero-order valence-electron chi connectivity index (χ0n) is 15.0. The molecule has 0 aliphatic rings. The molecule has 138 valence electrons. The maximum absolute atomic E-state index is 12.9. The Kier molecular flexibility index (Phi) is 6.84. The second-order valence-corrected chi connectivity index (χ2v) is 5.97. The molecule has 0 saturated carbocycles. The Morgan fingerprint density at radius 2 is 1.81 bits per heavy atom. The first-order chi connectivity index (χ1) is 12.9. The lowest BCUT2D eigenvalue weighted by molar-refractivity contribution is -0.150. The standard InChI is InChI=1S/C21H19FN2O3/c1-14-3-5-16(6-4-14)11-18(12-23)21(26)27-15(2)20(25)24-13-17-7-9-19(22)10-8-17/h3-11,15H,13H2,1-2H3,(H,24,25)/b18-11+/t15-/m1/s1. The molecule has 5 nitrogen and oxygen atoms in total. The van der Waals surface area contributed by atoms with Gasteiger partial charge in [0, 0.05) is 6.54 Å². The molecule has 0 bridgehead atoms. The van der Waals surface area contributed by atoms with Crippen LogP contribution in [-0.2, 0) is 20.9 Å². The van der Waals surface area contributed by atoms with Crippen LogP contribution in [0.5, 0.6) is 0 Å². The SMILES string of the molecule is Cc1ccc(/C=C(\C#N)C(=O)O[C@H](C)C(=O)NCc2ccc(F)cc2)cc1. The minimum Gasteiger partial charge on any atom is -0.448 e. The molecule has 6 heteroatoms. The number of hydrogen-bond acceptors (Lipinski definition) is 4. The number of hydrogen-bond donors (Lipinski definition) is 1. The van der Waals surface area contributed by atoms with Crippen LogP contribution < -0.4 is 5.32 Å². The number of rotatable bonds is 6. The number of nitrogens with zero attached hydrogens (tertiary/aromatic N) is 1. The van der Waals surface area contributed by atoms with Crippen LogP contribution in [0.1, 0.15) is 23.6 Å². The lowest BCUT2D eigenvalue weighted by atomic mass is 10.1. The molecule has 1 amide bonds. The van der Waals surface area contributed by atoms with Crippen LogP contribution in [0, 0.1) is 24.1 Å². The molecular formula is C21H19FN2O3. The molecule has 0 spiro atoms. The minimum absolute atomic E-state index is 0.172. The summed E-state index contributed by atoms with van der Waals surface area (Å²) in [4.78, 5) is 24.2. The highest BCUT2D eigenvalue weighted by atomic mass is 19.1. The minimum atomic E-state index is -1.08. The van der Waals surface area contributed by atoms with Crippen LogP contribution in [0.25, 0.3) is 6.08 Å². The molecule has 1 atom stereocenters. The van der Waals surface area contributed by atoms with E-state index in [1.54, 1.807) is 30.3 Å². The van der Waals surface area contributed by atoms with E-state index in [9.17, 15) is 19.2 Å². The fourth-order valence-electron chi connectivity index (χ4n) is 2.18. The van der Waals surface area contributed by atoms with Crippen molar-refractivity contribution in [2.75, 3.05) is 0 Å². The summed E-state index contributed by atoms with van der Waals surface area (Å²) in [5.41, 5.74) is 2.25. The van der Waals surface area contributed by atoms with E-state index in [0.717, 1.165) is 5.56 Å². The van der Waals surface area contributed by atoms with Gasteiger partial charge >= 0.3 is 5.97 Å². The summed E-state index contributed by atoms with van der Waals surface area (Å²) in [7, 11) is 0. The largest absolute Gasteiger partial charge is 0.448 e. The van der Waals surface area contributed by atoms with Gasteiger partial charge in [0.15, 0.2) is 6.10 Å². The van der Waals surface area contributed by atoms with Crippen LogP contribution in [0.3, 0.4) is 0 Å². The highest BCUT2D eigenvalue weighted by Gasteiger charge is 2.20. The van der Waals surface area contributed by atoms with E-state index in [4.69, 9.17) is 4.74 Å². The van der Waals surface area contributed by atoms with Gasteiger partial charge < -0.3 is 10.1 Å². The number of carbonyl (C=O) groups is 2. The number of aryl methyl sites for hydroxylation is 1. The van der Waals surface area contributed by atoms with Crippen molar-refractivity contribution in [3.63, 3.8) is 0 Å². The van der Waals surface area contributed by atoms with E-state index >= 15 is 0 Å². The second kappa shape index (κ2) is 9.30. The van der Waals surface area contributed by atoms with Crippen LogP contribution in [0.15, 0.2) is 54.1 Å². The second-order valence-electron chi connectivity index (χ2n) is 5.97. The average Bonchev–Trinajstić information content (AvgIpc) is 2.66. The molecule has 1 N–H and O–H groups in total. The third kappa shape index (κ3) is 6.08. The molecule has 0 aliphatic carbocycles. The Hall–Kier alpha value is -3.46. The van der Waals surface area contributed by atoms with Gasteiger partial charge in [-0.3, -0.25) is 4.79 Å². The summed E-state index contributed by atoms with van der Waals surface area (Å²) in [6.45, 7) is 3.52. The van der Waals surface area contributed by atoms with Gasteiger partial charge in [-0.15, -0.1) is 0 Å². The monoisotopic (exact) mass is 366 g/mol. The summed E-state index contributed by atoms with van der Waals surface area (Å²) in [6.07, 6.45) is 0.331. The lowest BCUT2D eigenvalue weighted by Gasteiger charge is -2.13. The summed E-state index contributed by atoms with van der Waals surface area (Å²) < 4.78 is 17.9. The Labute approximate surface area is 157 Å². The first-order valence-electron chi connectivity index (χ1n) is 8.30. The van der Waals surface area contributed by atoms with Crippen molar-refractivity contribution in [1.82, 2.24) is 5.32 Å². The van der Waals surface area contributed by atoms with Crippen LogP contribution in [0.2, 0.25) is 0 Å². The van der Waals surface area contributed by atoms with Gasteiger partial charge in [0.25, 0.3) is 5.91 Å². The Bertz CT molecular complexity index is 881. The molecular weight excluding hydrogens is 347 g/mol. The van der Waals surface area contributed by atoms with Crippen molar-refractivity contribution in [2.24, 2.45) is 0 Å². The van der Waals surface area contributed by atoms with Crippen molar-refractivity contribution < 1.29 is 18.7 Å². The lowest BCUT2D eigenvalue weighted by Crippen LogP contribution is -2.35. The number of benzene rings is 2. The van der Waals surface area contributed by atoms with Gasteiger partial charge in [-0.1, -0.05) is 42.0 Å². The van der Waals surface area contributed by atoms with Gasteiger partial charge in [0.05, 0.1) is 0 Å². The quantitative estimate of drug-likeness (QED) is 0.483. The molecule has 0 heterocycles. The number of carbonyl (C=O) groups excluding carboxylic acids is 2. The predicted octanol–water partition coefficient (Wildman–Crippen LogP) is 3.29. The van der Waals surface area contributed by atoms with E-state index in [2.05, 4.69) is 5.32 Å². The van der Waals surface area contributed by atoms with E-state index in [-0.39, 0.29) is 17.9 Å². The smallest absolute Gasteiger partial charge is 0.349 e. The molecule has 0 radical (unpaired) electrons. The van der Waals surface area contributed by atoms with Crippen molar-refractivity contribution >= 4 is 18.0 Å². The molecule has 0 aliphatic heterocycles. The fourth-order valence-corrected chi connectivity index (χ4v) is 2.18. The first kappa shape index (κ1) is 19.9.